The molecule has 1 radical (unpaired) electrons. The second-order valence-electron chi connectivity index (χ2n) is 1.47. The molecular formula is C6H9CoO6-. The fourth-order valence-corrected chi connectivity index (χ4v) is 0. The van der Waals surface area contributed by atoms with Gasteiger partial charge in [0.05, 0.1) is 0 Å². The molecule has 0 rings (SSSR count). The summed E-state index contributed by atoms with van der Waals surface area (Å²) in [7, 11) is 0. The van der Waals surface area contributed by atoms with Crippen molar-refractivity contribution < 1.29 is 46.5 Å². The first-order valence-electron chi connectivity index (χ1n) is 2.72. The van der Waals surface area contributed by atoms with Gasteiger partial charge in [-0.15, -0.1) is 0 Å². The normalized spacial score (nSPS) is 5.77. The standard InChI is InChI=1S/3C2H4O2.Co/c3*1-2(3)4;/h3*1H3,(H,3,4);/q;;;+2/p-3. The van der Waals surface area contributed by atoms with Gasteiger partial charge in [0.25, 0.3) is 0 Å². The molecule has 0 aliphatic rings. The van der Waals surface area contributed by atoms with Gasteiger partial charge in [0, 0.05) is 17.9 Å². The number of rotatable bonds is 0. The Morgan fingerprint density at radius 2 is 0.692 bits per heavy atom. The monoisotopic (exact) mass is 236 g/mol. The third-order valence-electron chi connectivity index (χ3n) is 0. The SMILES string of the molecule is CC(=O)[O-].CC(=O)[O-].CC(=O)[O-].[Co+2]. The summed E-state index contributed by atoms with van der Waals surface area (Å²) in [6, 6.07) is 0. The van der Waals surface area contributed by atoms with Crippen molar-refractivity contribution in [2.24, 2.45) is 0 Å². The molecule has 0 N–H and O–H groups in total. The van der Waals surface area contributed by atoms with Gasteiger partial charge in [0.15, 0.2) is 0 Å². The van der Waals surface area contributed by atoms with E-state index in [1.165, 1.54) is 0 Å². The van der Waals surface area contributed by atoms with Crippen molar-refractivity contribution in [3.8, 4) is 0 Å². The number of aliphatic carboxylic acids is 3. The fourth-order valence-electron chi connectivity index (χ4n) is 0. The molecule has 0 spiro atoms. The molecule has 0 aromatic heterocycles. The molecule has 0 atom stereocenters. The Balaban J connectivity index is -0.0000000450. The van der Waals surface area contributed by atoms with Gasteiger partial charge in [-0.1, -0.05) is 0 Å². The van der Waals surface area contributed by atoms with E-state index in [-0.39, 0.29) is 16.8 Å². The van der Waals surface area contributed by atoms with Gasteiger partial charge in [-0.3, -0.25) is 0 Å². The van der Waals surface area contributed by atoms with Crippen LogP contribution in [0, 0.1) is 0 Å². The topological polar surface area (TPSA) is 120 Å². The molecule has 0 heterocycles. The van der Waals surface area contributed by atoms with E-state index in [9.17, 15) is 0 Å². The predicted molar refractivity (Wildman–Crippen MR) is 32.0 cm³/mol. The Morgan fingerprint density at radius 3 is 0.692 bits per heavy atom. The fraction of sp³-hybridized carbons (Fsp3) is 0.500. The summed E-state index contributed by atoms with van der Waals surface area (Å²) in [5.74, 6) is -3.25. The molecule has 0 amide bonds. The molecule has 13 heavy (non-hydrogen) atoms. The van der Waals surface area contributed by atoms with E-state index in [1.807, 2.05) is 0 Å². The van der Waals surface area contributed by atoms with Crippen molar-refractivity contribution in [3.63, 3.8) is 0 Å². The van der Waals surface area contributed by atoms with Gasteiger partial charge in [-0.2, -0.15) is 0 Å². The van der Waals surface area contributed by atoms with Gasteiger partial charge in [0.2, 0.25) is 0 Å². The number of hydrogen-bond donors (Lipinski definition) is 0. The summed E-state index contributed by atoms with van der Waals surface area (Å²) in [6.45, 7) is 2.92. The van der Waals surface area contributed by atoms with E-state index in [1.54, 1.807) is 0 Å². The van der Waals surface area contributed by atoms with Gasteiger partial charge < -0.3 is 29.7 Å². The first-order valence-corrected chi connectivity index (χ1v) is 2.72. The summed E-state index contributed by atoms with van der Waals surface area (Å²) in [5, 5.41) is 26.7. The molecule has 0 aromatic carbocycles. The average Bonchev–Trinajstić information content (AvgIpc) is 1.54. The zero-order chi connectivity index (χ0) is 10.7. The van der Waals surface area contributed by atoms with Gasteiger partial charge >= 0.3 is 16.8 Å². The van der Waals surface area contributed by atoms with Crippen LogP contribution in [-0.2, 0) is 31.2 Å². The quantitative estimate of drug-likeness (QED) is 0.426. The molecule has 0 aliphatic carbocycles. The Kier molecular flexibility index (Phi) is 29.9. The molecule has 0 saturated heterocycles. The predicted octanol–water partition coefficient (Wildman–Crippen LogP) is -3.73. The van der Waals surface area contributed by atoms with Gasteiger partial charge in [0.1, 0.15) is 0 Å². The molecule has 0 aliphatic heterocycles. The molecule has 79 valence electrons. The van der Waals surface area contributed by atoms with Gasteiger partial charge in [-0.05, 0) is 20.8 Å². The number of carboxylic acid groups (broad SMARTS) is 3. The molecular weight excluding hydrogens is 227 g/mol. The third kappa shape index (κ3) is 739. The van der Waals surface area contributed by atoms with Crippen LogP contribution in [0.15, 0.2) is 0 Å². The number of hydrogen-bond acceptors (Lipinski definition) is 6. The van der Waals surface area contributed by atoms with Crippen molar-refractivity contribution >= 4 is 17.9 Å². The maximum atomic E-state index is 8.89. The average molecular weight is 236 g/mol. The van der Waals surface area contributed by atoms with E-state index in [0.29, 0.717) is 0 Å². The van der Waals surface area contributed by atoms with E-state index in [4.69, 9.17) is 29.7 Å². The maximum absolute atomic E-state index is 8.89. The minimum absolute atomic E-state index is 0. The van der Waals surface area contributed by atoms with Crippen LogP contribution in [0.5, 0.6) is 0 Å². The smallest absolute Gasteiger partial charge is 0.550 e. The van der Waals surface area contributed by atoms with Gasteiger partial charge in [-0.25, -0.2) is 0 Å². The van der Waals surface area contributed by atoms with Crippen LogP contribution in [0.25, 0.3) is 0 Å². The summed E-state index contributed by atoms with van der Waals surface area (Å²) in [6.07, 6.45) is 0. The van der Waals surface area contributed by atoms with E-state index >= 15 is 0 Å². The van der Waals surface area contributed by atoms with Crippen molar-refractivity contribution in [3.05, 3.63) is 0 Å². The molecule has 0 fully saturated rings. The van der Waals surface area contributed by atoms with Crippen LogP contribution in [0.1, 0.15) is 20.8 Å². The number of carbonyl (C=O) groups is 3. The summed E-state index contributed by atoms with van der Waals surface area (Å²) in [5.41, 5.74) is 0. The molecule has 7 heteroatoms. The van der Waals surface area contributed by atoms with Crippen molar-refractivity contribution in [2.75, 3.05) is 0 Å². The van der Waals surface area contributed by atoms with Crippen molar-refractivity contribution in [1.29, 1.82) is 0 Å². The van der Waals surface area contributed by atoms with Crippen LogP contribution >= 0.6 is 0 Å². The third-order valence-corrected chi connectivity index (χ3v) is 0. The summed E-state index contributed by atoms with van der Waals surface area (Å²) >= 11 is 0. The Labute approximate surface area is 85.8 Å². The van der Waals surface area contributed by atoms with E-state index in [2.05, 4.69) is 0 Å². The molecule has 6 nitrogen and oxygen atoms in total. The van der Waals surface area contributed by atoms with Crippen LogP contribution in [0.4, 0.5) is 0 Å². The van der Waals surface area contributed by atoms with Crippen LogP contribution in [0.2, 0.25) is 0 Å². The molecule has 0 unspecified atom stereocenters. The van der Waals surface area contributed by atoms with Crippen LogP contribution in [0.3, 0.4) is 0 Å². The minimum Gasteiger partial charge on any atom is -0.550 e. The maximum Gasteiger partial charge on any atom is 2.00 e. The Morgan fingerprint density at radius 1 is 0.692 bits per heavy atom. The largest absolute Gasteiger partial charge is 2.00 e. The first kappa shape index (κ1) is 22.7. The summed E-state index contributed by atoms with van der Waals surface area (Å²) < 4.78 is 0. The minimum atomic E-state index is -1.08. The van der Waals surface area contributed by atoms with Crippen molar-refractivity contribution in [1.82, 2.24) is 0 Å². The van der Waals surface area contributed by atoms with E-state index in [0.717, 1.165) is 20.8 Å². The zero-order valence-corrected chi connectivity index (χ0v) is 8.32. The first-order chi connectivity index (χ1) is 5.20. The number of carboxylic acids is 3. The van der Waals surface area contributed by atoms with Crippen LogP contribution in [-0.4, -0.2) is 17.9 Å². The number of carbonyl (C=O) groups excluding carboxylic acids is 3. The van der Waals surface area contributed by atoms with Crippen molar-refractivity contribution in [2.45, 2.75) is 20.8 Å². The summed E-state index contributed by atoms with van der Waals surface area (Å²) in [4.78, 5) is 26.7. The van der Waals surface area contributed by atoms with E-state index < -0.39 is 17.9 Å². The Hall–Kier alpha value is -1.08. The molecule has 0 aromatic rings. The molecule has 0 saturated carbocycles. The van der Waals surface area contributed by atoms with Crippen LogP contribution < -0.4 is 15.3 Å². The second-order valence-corrected chi connectivity index (χ2v) is 1.47. The second kappa shape index (κ2) is 17.1. The zero-order valence-electron chi connectivity index (χ0n) is 7.28. The molecule has 0 bridgehead atoms. The Bertz CT molecular complexity index is 115.